The molecule has 5 unspecified atom stereocenters. The zero-order chi connectivity index (χ0) is 13.8. The van der Waals surface area contributed by atoms with Gasteiger partial charge in [-0.25, -0.2) is 0 Å². The number of nitrogens with one attached hydrogen (secondary N) is 1. The maximum atomic E-state index is 12.2. The molecule has 108 valence electrons. The van der Waals surface area contributed by atoms with Crippen LogP contribution in [0.25, 0.3) is 0 Å². The second kappa shape index (κ2) is 4.47. The highest BCUT2D eigenvalue weighted by molar-refractivity contribution is 5.82. The number of rotatable bonds is 4. The second-order valence-corrected chi connectivity index (χ2v) is 8.28. The van der Waals surface area contributed by atoms with Gasteiger partial charge in [0.15, 0.2) is 0 Å². The zero-order valence-corrected chi connectivity index (χ0v) is 12.5. The van der Waals surface area contributed by atoms with Crippen molar-refractivity contribution in [3.63, 3.8) is 0 Å². The number of fused-ring (bicyclic) bond motifs is 5. The van der Waals surface area contributed by atoms with Crippen LogP contribution in [0.4, 0.5) is 0 Å². The molecule has 0 heterocycles. The van der Waals surface area contributed by atoms with E-state index in [1.807, 2.05) is 0 Å². The lowest BCUT2D eigenvalue weighted by atomic mass is 9.88. The minimum atomic E-state index is 0.0827. The van der Waals surface area contributed by atoms with Gasteiger partial charge in [-0.2, -0.15) is 0 Å². The first kappa shape index (κ1) is 13.4. The molecule has 2 bridgehead atoms. The Labute approximate surface area is 116 Å². The van der Waals surface area contributed by atoms with Crippen molar-refractivity contribution in [2.75, 3.05) is 6.54 Å². The first-order valence-electron chi connectivity index (χ1n) is 7.90. The van der Waals surface area contributed by atoms with Gasteiger partial charge in [-0.3, -0.25) is 4.79 Å². The predicted octanol–water partition coefficient (Wildman–Crippen LogP) is 2.16. The van der Waals surface area contributed by atoms with Crippen molar-refractivity contribution in [3.8, 4) is 0 Å². The molecular weight excluding hydrogens is 236 g/mol. The summed E-state index contributed by atoms with van der Waals surface area (Å²) in [6, 6.07) is 0.0827. The van der Waals surface area contributed by atoms with Gasteiger partial charge in [0.25, 0.3) is 0 Å². The summed E-state index contributed by atoms with van der Waals surface area (Å²) in [5.74, 6) is 3.84. The third-order valence-corrected chi connectivity index (χ3v) is 5.45. The Balaban J connectivity index is 1.44. The molecule has 0 spiro atoms. The third-order valence-electron chi connectivity index (χ3n) is 5.45. The molecule has 3 fully saturated rings. The molecule has 3 N–H and O–H groups in total. The minimum absolute atomic E-state index is 0.0827. The van der Waals surface area contributed by atoms with Crippen molar-refractivity contribution in [1.29, 1.82) is 0 Å². The molecule has 0 aliphatic heterocycles. The molecule has 0 saturated heterocycles. The van der Waals surface area contributed by atoms with E-state index in [0.29, 0.717) is 12.5 Å². The van der Waals surface area contributed by atoms with Crippen LogP contribution in [-0.2, 0) is 4.79 Å². The average molecular weight is 264 g/mol. The fourth-order valence-corrected chi connectivity index (χ4v) is 4.88. The number of hydrogen-bond donors (Lipinski definition) is 2. The molecule has 0 aromatic heterocycles. The van der Waals surface area contributed by atoms with Gasteiger partial charge in [0.1, 0.15) is 0 Å². The standard InChI is InChI=1S/C16H28N2O/c1-16(2,3)7-11(17)8-18-15(19)14-12-9-4-5-10(6-9)13(12)14/h9-14H,4-8,17H2,1-3H3,(H,18,19). The summed E-state index contributed by atoms with van der Waals surface area (Å²) >= 11 is 0. The monoisotopic (exact) mass is 264 g/mol. The Bertz CT molecular complexity index is 357. The van der Waals surface area contributed by atoms with Gasteiger partial charge in [0.05, 0.1) is 0 Å². The molecule has 3 nitrogen and oxygen atoms in total. The first-order chi connectivity index (χ1) is 8.87. The maximum absolute atomic E-state index is 12.2. The van der Waals surface area contributed by atoms with Crippen molar-refractivity contribution in [2.24, 2.45) is 40.7 Å². The molecule has 0 radical (unpaired) electrons. The van der Waals surface area contributed by atoms with E-state index in [1.165, 1.54) is 19.3 Å². The van der Waals surface area contributed by atoms with E-state index < -0.39 is 0 Å². The van der Waals surface area contributed by atoms with E-state index >= 15 is 0 Å². The Morgan fingerprint density at radius 1 is 1.26 bits per heavy atom. The highest BCUT2D eigenvalue weighted by Gasteiger charge is 2.67. The average Bonchev–Trinajstić information content (AvgIpc) is 2.73. The molecule has 3 saturated carbocycles. The first-order valence-corrected chi connectivity index (χ1v) is 7.90. The number of hydrogen-bond acceptors (Lipinski definition) is 2. The SMILES string of the molecule is CC(C)(C)CC(N)CNC(=O)C1C2C3CCC(C3)C12. The topological polar surface area (TPSA) is 55.1 Å². The largest absolute Gasteiger partial charge is 0.354 e. The Kier molecular flexibility index (Phi) is 3.16. The van der Waals surface area contributed by atoms with Gasteiger partial charge in [-0.1, -0.05) is 20.8 Å². The molecular formula is C16H28N2O. The van der Waals surface area contributed by atoms with Crippen LogP contribution in [0.2, 0.25) is 0 Å². The van der Waals surface area contributed by atoms with E-state index in [1.54, 1.807) is 0 Å². The lowest BCUT2D eigenvalue weighted by molar-refractivity contribution is -0.123. The highest BCUT2D eigenvalue weighted by atomic mass is 16.2. The molecule has 0 aromatic rings. The second-order valence-electron chi connectivity index (χ2n) is 8.28. The van der Waals surface area contributed by atoms with Gasteiger partial charge in [-0.15, -0.1) is 0 Å². The number of amides is 1. The summed E-state index contributed by atoms with van der Waals surface area (Å²) < 4.78 is 0. The van der Waals surface area contributed by atoms with Crippen LogP contribution >= 0.6 is 0 Å². The Morgan fingerprint density at radius 2 is 1.84 bits per heavy atom. The molecule has 3 aliphatic carbocycles. The summed E-state index contributed by atoms with van der Waals surface area (Å²) in [6.45, 7) is 7.22. The van der Waals surface area contributed by atoms with Crippen LogP contribution in [0.15, 0.2) is 0 Å². The van der Waals surface area contributed by atoms with Gasteiger partial charge in [-0.05, 0) is 54.8 Å². The lowest BCUT2D eigenvalue weighted by Gasteiger charge is -2.23. The van der Waals surface area contributed by atoms with Crippen LogP contribution in [0.1, 0.15) is 46.5 Å². The zero-order valence-electron chi connectivity index (χ0n) is 12.5. The molecule has 19 heavy (non-hydrogen) atoms. The van der Waals surface area contributed by atoms with E-state index in [9.17, 15) is 4.79 Å². The van der Waals surface area contributed by atoms with Crippen LogP contribution in [0, 0.1) is 35.0 Å². The van der Waals surface area contributed by atoms with Crippen LogP contribution in [0.3, 0.4) is 0 Å². The quantitative estimate of drug-likeness (QED) is 0.817. The van der Waals surface area contributed by atoms with Gasteiger partial charge < -0.3 is 11.1 Å². The predicted molar refractivity (Wildman–Crippen MR) is 76.4 cm³/mol. The van der Waals surface area contributed by atoms with Crippen molar-refractivity contribution in [2.45, 2.75) is 52.5 Å². The molecule has 5 atom stereocenters. The van der Waals surface area contributed by atoms with Crippen molar-refractivity contribution in [1.82, 2.24) is 5.32 Å². The van der Waals surface area contributed by atoms with E-state index in [-0.39, 0.29) is 17.4 Å². The maximum Gasteiger partial charge on any atom is 0.223 e. The fourth-order valence-electron chi connectivity index (χ4n) is 4.88. The number of carbonyl (C=O) groups excluding carboxylic acids is 1. The summed E-state index contributed by atoms with van der Waals surface area (Å²) in [7, 11) is 0. The third kappa shape index (κ3) is 2.54. The van der Waals surface area contributed by atoms with Crippen LogP contribution < -0.4 is 11.1 Å². The molecule has 0 aromatic carbocycles. The van der Waals surface area contributed by atoms with Crippen LogP contribution in [-0.4, -0.2) is 18.5 Å². The van der Waals surface area contributed by atoms with E-state index in [2.05, 4.69) is 26.1 Å². The summed E-state index contributed by atoms with van der Waals surface area (Å²) in [5, 5.41) is 3.10. The minimum Gasteiger partial charge on any atom is -0.354 e. The Morgan fingerprint density at radius 3 is 2.37 bits per heavy atom. The van der Waals surface area contributed by atoms with Crippen molar-refractivity contribution in [3.05, 3.63) is 0 Å². The smallest absolute Gasteiger partial charge is 0.223 e. The summed E-state index contributed by atoms with van der Waals surface area (Å²) in [5.41, 5.74) is 6.33. The van der Waals surface area contributed by atoms with Gasteiger partial charge in [0.2, 0.25) is 5.91 Å². The summed E-state index contributed by atoms with van der Waals surface area (Å²) in [4.78, 5) is 12.2. The molecule has 1 amide bonds. The normalized spacial score (nSPS) is 40.9. The van der Waals surface area contributed by atoms with E-state index in [4.69, 9.17) is 5.73 Å². The summed E-state index contributed by atoms with van der Waals surface area (Å²) in [6.07, 6.45) is 5.11. The molecule has 3 aliphatic rings. The highest BCUT2D eigenvalue weighted by Crippen LogP contribution is 2.69. The van der Waals surface area contributed by atoms with Gasteiger partial charge in [0, 0.05) is 18.5 Å². The fraction of sp³-hybridized carbons (Fsp3) is 0.938. The lowest BCUT2D eigenvalue weighted by Crippen LogP contribution is -2.40. The number of nitrogens with two attached hydrogens (primary N) is 1. The van der Waals surface area contributed by atoms with Crippen LogP contribution in [0.5, 0.6) is 0 Å². The van der Waals surface area contributed by atoms with Crippen molar-refractivity contribution >= 4 is 5.91 Å². The van der Waals surface area contributed by atoms with Crippen molar-refractivity contribution < 1.29 is 4.79 Å². The number of carbonyl (C=O) groups is 1. The molecule has 3 heteroatoms. The molecule has 3 rings (SSSR count). The Hall–Kier alpha value is -0.570. The van der Waals surface area contributed by atoms with Gasteiger partial charge >= 0.3 is 0 Å². The van der Waals surface area contributed by atoms with E-state index in [0.717, 1.165) is 30.1 Å².